The lowest BCUT2D eigenvalue weighted by Gasteiger charge is -2.23. The molecule has 1 rings (SSSR count). The fourth-order valence-corrected chi connectivity index (χ4v) is 2.16. The lowest BCUT2D eigenvalue weighted by molar-refractivity contribution is -0.137. The number of alkyl halides is 3. The molecule has 25 heavy (non-hydrogen) atoms. The first kappa shape index (κ1) is 20.9. The highest BCUT2D eigenvalue weighted by atomic mass is 19.4. The number of aliphatic hydroxyl groups is 1. The van der Waals surface area contributed by atoms with Gasteiger partial charge in [0.25, 0.3) is 5.91 Å². The molecular formula is C16H22F3N3O3. The molecule has 1 atom stereocenters. The maximum absolute atomic E-state index is 12.7. The number of halogens is 3. The standard InChI is InChI=1S/C16H22F3N3O3/c1-2-4-13(23)9-22(10-20)14(24)8-21-15(25)11-5-3-6-12(7-11)16(17,18)19/h3,5-7,13,23H,2,4,8-10,20H2,1H3,(H,21,25). The molecule has 6 nitrogen and oxygen atoms in total. The average Bonchev–Trinajstić information content (AvgIpc) is 2.56. The summed E-state index contributed by atoms with van der Waals surface area (Å²) in [6, 6.07) is 3.91. The fraction of sp³-hybridized carbons (Fsp3) is 0.500. The Morgan fingerprint density at radius 1 is 1.36 bits per heavy atom. The van der Waals surface area contributed by atoms with E-state index in [0.29, 0.717) is 12.5 Å². The number of carbonyl (C=O) groups is 2. The Morgan fingerprint density at radius 3 is 2.60 bits per heavy atom. The van der Waals surface area contributed by atoms with Crippen LogP contribution in [0.1, 0.15) is 35.7 Å². The van der Waals surface area contributed by atoms with E-state index < -0.39 is 36.2 Å². The molecule has 9 heteroatoms. The Labute approximate surface area is 143 Å². The summed E-state index contributed by atoms with van der Waals surface area (Å²) in [6.07, 6.45) is -4.05. The van der Waals surface area contributed by atoms with Crippen LogP contribution >= 0.6 is 0 Å². The topological polar surface area (TPSA) is 95.7 Å². The van der Waals surface area contributed by atoms with Crippen molar-refractivity contribution in [3.8, 4) is 0 Å². The third-order valence-electron chi connectivity index (χ3n) is 3.48. The van der Waals surface area contributed by atoms with Gasteiger partial charge in [0, 0.05) is 12.1 Å². The maximum Gasteiger partial charge on any atom is 0.416 e. The number of nitrogens with zero attached hydrogens (tertiary/aromatic N) is 1. The van der Waals surface area contributed by atoms with Crippen LogP contribution in [0.15, 0.2) is 24.3 Å². The monoisotopic (exact) mass is 361 g/mol. The molecule has 0 spiro atoms. The molecule has 0 heterocycles. The highest BCUT2D eigenvalue weighted by Gasteiger charge is 2.31. The van der Waals surface area contributed by atoms with Gasteiger partial charge in [0.05, 0.1) is 24.9 Å². The number of aliphatic hydroxyl groups excluding tert-OH is 1. The zero-order valence-corrected chi connectivity index (χ0v) is 13.8. The van der Waals surface area contributed by atoms with Crippen molar-refractivity contribution in [2.24, 2.45) is 5.73 Å². The second-order valence-electron chi connectivity index (χ2n) is 5.50. The van der Waals surface area contributed by atoms with E-state index in [0.717, 1.165) is 18.6 Å². The van der Waals surface area contributed by atoms with Crippen LogP contribution in [-0.4, -0.2) is 47.7 Å². The number of amides is 2. The van der Waals surface area contributed by atoms with E-state index in [1.807, 2.05) is 6.92 Å². The minimum Gasteiger partial charge on any atom is -0.391 e. The molecule has 0 fully saturated rings. The molecule has 0 saturated heterocycles. The predicted octanol–water partition coefficient (Wildman–Crippen LogP) is 1.34. The number of benzene rings is 1. The fourth-order valence-electron chi connectivity index (χ4n) is 2.16. The molecule has 0 aliphatic rings. The molecule has 1 unspecified atom stereocenters. The summed E-state index contributed by atoms with van der Waals surface area (Å²) < 4.78 is 38.0. The molecule has 4 N–H and O–H groups in total. The summed E-state index contributed by atoms with van der Waals surface area (Å²) in [5.41, 5.74) is 4.31. The van der Waals surface area contributed by atoms with Crippen LogP contribution in [-0.2, 0) is 11.0 Å². The van der Waals surface area contributed by atoms with Gasteiger partial charge in [-0.2, -0.15) is 13.2 Å². The van der Waals surface area contributed by atoms with Crippen LogP contribution in [0, 0.1) is 0 Å². The van der Waals surface area contributed by atoms with Crippen molar-refractivity contribution < 1.29 is 27.9 Å². The largest absolute Gasteiger partial charge is 0.416 e. The van der Waals surface area contributed by atoms with Gasteiger partial charge in [-0.25, -0.2) is 0 Å². The van der Waals surface area contributed by atoms with E-state index in [1.54, 1.807) is 0 Å². The van der Waals surface area contributed by atoms with Crippen molar-refractivity contribution >= 4 is 11.8 Å². The Balaban J connectivity index is 2.64. The number of hydrogen-bond donors (Lipinski definition) is 3. The number of hydrogen-bond acceptors (Lipinski definition) is 4. The highest BCUT2D eigenvalue weighted by molar-refractivity contribution is 5.96. The first-order valence-corrected chi connectivity index (χ1v) is 7.80. The molecule has 1 aromatic carbocycles. The van der Waals surface area contributed by atoms with Crippen LogP contribution in [0.2, 0.25) is 0 Å². The van der Waals surface area contributed by atoms with E-state index in [9.17, 15) is 27.9 Å². The minimum absolute atomic E-state index is 0.0304. The van der Waals surface area contributed by atoms with Crippen molar-refractivity contribution in [2.45, 2.75) is 32.0 Å². The molecule has 0 aliphatic carbocycles. The summed E-state index contributed by atoms with van der Waals surface area (Å²) in [5, 5.41) is 12.0. The van der Waals surface area contributed by atoms with Crippen molar-refractivity contribution in [1.82, 2.24) is 10.2 Å². The summed E-state index contributed by atoms with van der Waals surface area (Å²) in [4.78, 5) is 25.1. The maximum atomic E-state index is 12.7. The average molecular weight is 361 g/mol. The quantitative estimate of drug-likeness (QED) is 0.609. The van der Waals surface area contributed by atoms with E-state index in [-0.39, 0.29) is 18.8 Å². The van der Waals surface area contributed by atoms with Gasteiger partial charge >= 0.3 is 6.18 Å². The molecule has 0 radical (unpaired) electrons. The molecule has 0 aliphatic heterocycles. The SMILES string of the molecule is CCCC(O)CN(CN)C(=O)CNC(=O)c1cccc(C(F)(F)F)c1. The number of nitrogens with one attached hydrogen (secondary N) is 1. The van der Waals surface area contributed by atoms with Crippen molar-refractivity contribution in [3.63, 3.8) is 0 Å². The summed E-state index contributed by atoms with van der Waals surface area (Å²) in [6.45, 7) is 1.35. The van der Waals surface area contributed by atoms with Crippen LogP contribution in [0.25, 0.3) is 0 Å². The molecule has 2 amide bonds. The first-order valence-electron chi connectivity index (χ1n) is 7.80. The zero-order valence-electron chi connectivity index (χ0n) is 13.8. The first-order chi connectivity index (χ1) is 11.7. The van der Waals surface area contributed by atoms with Crippen LogP contribution in [0.4, 0.5) is 13.2 Å². The van der Waals surface area contributed by atoms with E-state index >= 15 is 0 Å². The second kappa shape index (κ2) is 9.38. The van der Waals surface area contributed by atoms with E-state index in [4.69, 9.17) is 5.73 Å². The van der Waals surface area contributed by atoms with Gasteiger partial charge in [0.1, 0.15) is 0 Å². The van der Waals surface area contributed by atoms with Crippen molar-refractivity contribution in [2.75, 3.05) is 19.8 Å². The van der Waals surface area contributed by atoms with Crippen LogP contribution in [0.5, 0.6) is 0 Å². The summed E-state index contributed by atoms with van der Waals surface area (Å²) >= 11 is 0. The van der Waals surface area contributed by atoms with Gasteiger partial charge in [-0.05, 0) is 24.6 Å². The van der Waals surface area contributed by atoms with E-state index in [2.05, 4.69) is 5.32 Å². The summed E-state index contributed by atoms with van der Waals surface area (Å²) in [7, 11) is 0. The van der Waals surface area contributed by atoms with Crippen molar-refractivity contribution in [3.05, 3.63) is 35.4 Å². The molecule has 0 saturated carbocycles. The third-order valence-corrected chi connectivity index (χ3v) is 3.48. The van der Waals surface area contributed by atoms with Gasteiger partial charge in [-0.1, -0.05) is 19.4 Å². The van der Waals surface area contributed by atoms with Gasteiger partial charge in [-0.3, -0.25) is 9.59 Å². The van der Waals surface area contributed by atoms with Crippen LogP contribution in [0.3, 0.4) is 0 Å². The van der Waals surface area contributed by atoms with Gasteiger partial charge in [-0.15, -0.1) is 0 Å². The molecular weight excluding hydrogens is 339 g/mol. The van der Waals surface area contributed by atoms with Gasteiger partial charge in [0.2, 0.25) is 5.91 Å². The second-order valence-corrected chi connectivity index (χ2v) is 5.50. The molecule has 0 aromatic heterocycles. The third kappa shape index (κ3) is 6.71. The molecule has 1 aromatic rings. The Morgan fingerprint density at radius 2 is 2.04 bits per heavy atom. The van der Waals surface area contributed by atoms with Gasteiger partial charge in [0.15, 0.2) is 0 Å². The Hall–Kier alpha value is -2.13. The Kier molecular flexibility index (Phi) is 7.85. The minimum atomic E-state index is -4.56. The zero-order chi connectivity index (χ0) is 19.0. The lowest BCUT2D eigenvalue weighted by atomic mass is 10.1. The predicted molar refractivity (Wildman–Crippen MR) is 85.5 cm³/mol. The lowest BCUT2D eigenvalue weighted by Crippen LogP contribution is -2.46. The van der Waals surface area contributed by atoms with Crippen molar-refractivity contribution in [1.29, 1.82) is 0 Å². The van der Waals surface area contributed by atoms with Crippen LogP contribution < -0.4 is 11.1 Å². The van der Waals surface area contributed by atoms with E-state index in [1.165, 1.54) is 11.0 Å². The smallest absolute Gasteiger partial charge is 0.391 e. The summed E-state index contributed by atoms with van der Waals surface area (Å²) in [5.74, 6) is -1.33. The van der Waals surface area contributed by atoms with Gasteiger partial charge < -0.3 is 21.1 Å². The molecule has 140 valence electrons. The normalized spacial score (nSPS) is 12.6. The highest BCUT2D eigenvalue weighted by Crippen LogP contribution is 2.29. The number of rotatable bonds is 8. The number of carbonyl (C=O) groups excluding carboxylic acids is 2. The molecule has 0 bridgehead atoms. The number of nitrogens with two attached hydrogens (primary N) is 1. The Bertz CT molecular complexity index is 593.